The van der Waals surface area contributed by atoms with E-state index in [4.69, 9.17) is 5.73 Å². The van der Waals surface area contributed by atoms with Crippen molar-refractivity contribution in [1.82, 2.24) is 4.90 Å². The molecule has 0 bridgehead atoms. The summed E-state index contributed by atoms with van der Waals surface area (Å²) in [5, 5.41) is 5.30. The molecule has 8 heteroatoms. The van der Waals surface area contributed by atoms with Gasteiger partial charge in [-0.05, 0) is 35.7 Å². The highest BCUT2D eigenvalue weighted by Crippen LogP contribution is 2.27. The fourth-order valence-corrected chi connectivity index (χ4v) is 3.17. The lowest BCUT2D eigenvalue weighted by Crippen LogP contribution is -2.41. The maximum atomic E-state index is 13.7. The minimum absolute atomic E-state index is 0. The van der Waals surface area contributed by atoms with E-state index in [0.29, 0.717) is 31.7 Å². The van der Waals surface area contributed by atoms with Gasteiger partial charge in [0, 0.05) is 31.2 Å². The van der Waals surface area contributed by atoms with Gasteiger partial charge in [0.05, 0.1) is 5.69 Å². The van der Waals surface area contributed by atoms with Gasteiger partial charge in [-0.25, -0.2) is 9.18 Å². The molecule has 0 radical (unpaired) electrons. The van der Waals surface area contributed by atoms with Crippen molar-refractivity contribution in [1.29, 1.82) is 0 Å². The maximum Gasteiger partial charge on any atom is 0.323 e. The number of halogens is 2. The number of nitrogens with zero attached hydrogens (tertiary/aromatic N) is 1. The van der Waals surface area contributed by atoms with Crippen LogP contribution in [0.25, 0.3) is 0 Å². The molecule has 3 amide bonds. The summed E-state index contributed by atoms with van der Waals surface area (Å²) >= 11 is 0. The molecule has 28 heavy (non-hydrogen) atoms. The highest BCUT2D eigenvalue weighted by atomic mass is 35.5. The first-order chi connectivity index (χ1) is 13.0. The van der Waals surface area contributed by atoms with E-state index >= 15 is 0 Å². The second-order valence-electron chi connectivity index (χ2n) is 6.65. The fraction of sp³-hybridized carbons (Fsp3) is 0.300. The predicted molar refractivity (Wildman–Crippen MR) is 110 cm³/mol. The number of benzene rings is 2. The van der Waals surface area contributed by atoms with Gasteiger partial charge < -0.3 is 21.3 Å². The quantitative estimate of drug-likeness (QED) is 0.727. The van der Waals surface area contributed by atoms with Crippen molar-refractivity contribution in [3.8, 4) is 0 Å². The number of carbonyl (C=O) groups excluding carboxylic acids is 2. The van der Waals surface area contributed by atoms with E-state index in [0.717, 1.165) is 11.1 Å². The molecule has 0 saturated heterocycles. The predicted octanol–water partition coefficient (Wildman–Crippen LogP) is 3.37. The Morgan fingerprint density at radius 3 is 2.54 bits per heavy atom. The second kappa shape index (κ2) is 9.52. The van der Waals surface area contributed by atoms with E-state index in [-0.39, 0.29) is 29.9 Å². The van der Waals surface area contributed by atoms with Crippen LogP contribution in [-0.2, 0) is 17.8 Å². The summed E-state index contributed by atoms with van der Waals surface area (Å²) in [5.74, 6) is -0.663. The monoisotopic (exact) mass is 406 g/mol. The van der Waals surface area contributed by atoms with Crippen LogP contribution in [0.1, 0.15) is 18.1 Å². The highest BCUT2D eigenvalue weighted by molar-refractivity contribution is 6.00. The number of fused-ring (bicyclic) bond motifs is 1. The number of anilines is 2. The molecular weight excluding hydrogens is 383 g/mol. The molecule has 150 valence electrons. The van der Waals surface area contributed by atoms with Gasteiger partial charge in [-0.1, -0.05) is 31.2 Å². The first kappa shape index (κ1) is 21.7. The van der Waals surface area contributed by atoms with Gasteiger partial charge in [0.15, 0.2) is 0 Å². The smallest absolute Gasteiger partial charge is 0.323 e. The van der Waals surface area contributed by atoms with E-state index in [9.17, 15) is 14.0 Å². The minimum Gasteiger partial charge on any atom is -0.338 e. The normalized spacial score (nSPS) is 13.8. The zero-order valence-electron chi connectivity index (χ0n) is 15.6. The third kappa shape index (κ3) is 4.79. The van der Waals surface area contributed by atoms with Crippen LogP contribution >= 0.6 is 12.4 Å². The number of amides is 3. The Hall–Kier alpha value is -2.64. The molecule has 1 heterocycles. The molecule has 1 unspecified atom stereocenters. The summed E-state index contributed by atoms with van der Waals surface area (Å²) in [6.45, 7) is 3.20. The van der Waals surface area contributed by atoms with E-state index < -0.39 is 11.8 Å². The Balaban J connectivity index is 0.00000280. The molecule has 0 fully saturated rings. The molecule has 4 N–H and O–H groups in total. The van der Waals surface area contributed by atoms with Gasteiger partial charge in [-0.2, -0.15) is 0 Å². The Labute approximate surface area is 169 Å². The van der Waals surface area contributed by atoms with E-state index in [1.54, 1.807) is 23.1 Å². The van der Waals surface area contributed by atoms with Gasteiger partial charge in [0.25, 0.3) is 0 Å². The van der Waals surface area contributed by atoms with Crippen molar-refractivity contribution < 1.29 is 14.0 Å². The van der Waals surface area contributed by atoms with Gasteiger partial charge in [-0.15, -0.1) is 12.4 Å². The summed E-state index contributed by atoms with van der Waals surface area (Å²) in [6.07, 6.45) is 0.633. The lowest BCUT2D eigenvalue weighted by atomic mass is 9.96. The largest absolute Gasteiger partial charge is 0.338 e. The number of rotatable bonds is 4. The van der Waals surface area contributed by atoms with Crippen LogP contribution < -0.4 is 16.4 Å². The topological polar surface area (TPSA) is 87.5 Å². The second-order valence-corrected chi connectivity index (χ2v) is 6.65. The zero-order chi connectivity index (χ0) is 19.4. The Morgan fingerprint density at radius 1 is 1.14 bits per heavy atom. The first-order valence-corrected chi connectivity index (χ1v) is 8.91. The third-order valence-electron chi connectivity index (χ3n) is 4.72. The fourth-order valence-electron chi connectivity index (χ4n) is 3.17. The van der Waals surface area contributed by atoms with Crippen LogP contribution in [-0.4, -0.2) is 29.9 Å². The molecule has 2 aromatic rings. The van der Waals surface area contributed by atoms with Crippen molar-refractivity contribution in [2.45, 2.75) is 19.9 Å². The number of hydrogen-bond acceptors (Lipinski definition) is 3. The molecule has 1 atom stereocenters. The van der Waals surface area contributed by atoms with Crippen molar-refractivity contribution in [3.63, 3.8) is 0 Å². The number of nitrogens with one attached hydrogen (secondary N) is 2. The molecule has 1 aliphatic heterocycles. The van der Waals surface area contributed by atoms with Gasteiger partial charge in [0.2, 0.25) is 5.91 Å². The van der Waals surface area contributed by atoms with Crippen LogP contribution in [0.15, 0.2) is 42.5 Å². The number of para-hydroxylation sites is 1. The average molecular weight is 407 g/mol. The first-order valence-electron chi connectivity index (χ1n) is 8.91. The molecule has 1 aliphatic rings. The lowest BCUT2D eigenvalue weighted by Gasteiger charge is -2.31. The standard InChI is InChI=1S/C20H23FN4O2.ClH/c1-13(11-22)19(26)25-10-9-15-14(12-25)5-4-8-17(15)23-20(27)24-18-7-3-2-6-16(18)21;/h2-8,13H,9-12,22H2,1H3,(H2,23,24,27);1H. The van der Waals surface area contributed by atoms with Crippen molar-refractivity contribution in [3.05, 3.63) is 59.4 Å². The molecule has 0 spiro atoms. The maximum absolute atomic E-state index is 13.7. The van der Waals surface area contributed by atoms with Crippen LogP contribution in [0.3, 0.4) is 0 Å². The van der Waals surface area contributed by atoms with E-state index in [1.165, 1.54) is 12.1 Å². The van der Waals surface area contributed by atoms with Crippen molar-refractivity contribution >= 4 is 35.7 Å². The lowest BCUT2D eigenvalue weighted by molar-refractivity contribution is -0.135. The third-order valence-corrected chi connectivity index (χ3v) is 4.72. The molecule has 6 nitrogen and oxygen atoms in total. The highest BCUT2D eigenvalue weighted by Gasteiger charge is 2.25. The molecule has 3 rings (SSSR count). The molecule has 2 aromatic carbocycles. The summed E-state index contributed by atoms with van der Waals surface area (Å²) in [6, 6.07) is 11.1. The number of nitrogens with two attached hydrogens (primary N) is 1. The molecule has 0 saturated carbocycles. The Morgan fingerprint density at radius 2 is 1.82 bits per heavy atom. The summed E-state index contributed by atoms with van der Waals surface area (Å²) in [7, 11) is 0. The molecule has 0 aliphatic carbocycles. The van der Waals surface area contributed by atoms with Crippen LogP contribution in [0, 0.1) is 11.7 Å². The summed E-state index contributed by atoms with van der Waals surface area (Å²) in [5.41, 5.74) is 8.36. The van der Waals surface area contributed by atoms with Gasteiger partial charge in [-0.3, -0.25) is 4.79 Å². The summed E-state index contributed by atoms with van der Waals surface area (Å²) < 4.78 is 13.7. The van der Waals surface area contributed by atoms with Crippen LogP contribution in [0.4, 0.5) is 20.6 Å². The average Bonchev–Trinajstić information content (AvgIpc) is 2.68. The zero-order valence-corrected chi connectivity index (χ0v) is 16.4. The number of carbonyl (C=O) groups is 2. The number of urea groups is 1. The minimum atomic E-state index is -0.510. The van der Waals surface area contributed by atoms with Crippen molar-refractivity contribution in [2.75, 3.05) is 23.7 Å². The van der Waals surface area contributed by atoms with E-state index in [2.05, 4.69) is 10.6 Å². The van der Waals surface area contributed by atoms with Gasteiger partial charge in [0.1, 0.15) is 5.82 Å². The number of hydrogen-bond donors (Lipinski definition) is 3. The van der Waals surface area contributed by atoms with Crippen LogP contribution in [0.2, 0.25) is 0 Å². The van der Waals surface area contributed by atoms with Crippen LogP contribution in [0.5, 0.6) is 0 Å². The summed E-state index contributed by atoms with van der Waals surface area (Å²) in [4.78, 5) is 26.4. The van der Waals surface area contributed by atoms with E-state index in [1.807, 2.05) is 19.1 Å². The Bertz CT molecular complexity index is 862. The molecular formula is C20H24ClFN4O2. The van der Waals surface area contributed by atoms with Gasteiger partial charge >= 0.3 is 6.03 Å². The van der Waals surface area contributed by atoms with Crippen molar-refractivity contribution in [2.24, 2.45) is 11.7 Å². The SMILES string of the molecule is CC(CN)C(=O)N1CCc2c(cccc2NC(=O)Nc2ccccc2F)C1.Cl. The molecule has 0 aromatic heterocycles. The Kier molecular flexibility index (Phi) is 7.37.